The molecule has 1 N–H and O–H groups in total. The predicted molar refractivity (Wildman–Crippen MR) is 125 cm³/mol. The molecule has 1 atom stereocenters. The van der Waals surface area contributed by atoms with Gasteiger partial charge in [0.25, 0.3) is 0 Å². The topological polar surface area (TPSA) is 66.5 Å². The van der Waals surface area contributed by atoms with Crippen molar-refractivity contribution < 1.29 is 13.2 Å². The number of rotatable bonds is 9. The Hall–Kier alpha value is -2.18. The highest BCUT2D eigenvalue weighted by Gasteiger charge is 2.31. The van der Waals surface area contributed by atoms with Crippen molar-refractivity contribution in [3.63, 3.8) is 0 Å². The van der Waals surface area contributed by atoms with Crippen molar-refractivity contribution in [2.45, 2.75) is 52.0 Å². The summed E-state index contributed by atoms with van der Waals surface area (Å²) in [6.07, 6.45) is 3.52. The molecule has 2 aromatic rings. The normalized spacial score (nSPS) is 16.7. The largest absolute Gasteiger partial charge is 0.349 e. The van der Waals surface area contributed by atoms with Gasteiger partial charge < -0.3 is 5.32 Å². The fourth-order valence-corrected chi connectivity index (χ4v) is 5.62. The first-order valence-corrected chi connectivity index (χ1v) is 12.9. The second kappa shape index (κ2) is 10.9. The highest BCUT2D eigenvalue weighted by Crippen LogP contribution is 2.22. The molecule has 0 unspecified atom stereocenters. The second-order valence-electron chi connectivity index (χ2n) is 8.40. The Morgan fingerprint density at radius 1 is 1.03 bits per heavy atom. The molecule has 1 amide bonds. The van der Waals surface area contributed by atoms with E-state index in [1.807, 2.05) is 37.3 Å². The number of piperidine rings is 1. The monoisotopic (exact) mass is 442 g/mol. The van der Waals surface area contributed by atoms with E-state index < -0.39 is 10.0 Å². The Morgan fingerprint density at radius 3 is 2.29 bits per heavy atom. The third kappa shape index (κ3) is 6.65. The summed E-state index contributed by atoms with van der Waals surface area (Å²) >= 11 is 0. The van der Waals surface area contributed by atoms with Crippen molar-refractivity contribution >= 4 is 15.9 Å². The molecule has 168 valence electrons. The molecule has 0 saturated carbocycles. The molecule has 3 rings (SSSR count). The van der Waals surface area contributed by atoms with Crippen LogP contribution in [0.3, 0.4) is 0 Å². The van der Waals surface area contributed by atoms with Crippen LogP contribution in [0.15, 0.2) is 54.6 Å². The third-order valence-corrected chi connectivity index (χ3v) is 8.13. The fourth-order valence-electron chi connectivity index (χ4n) is 4.09. The first-order valence-electron chi connectivity index (χ1n) is 11.3. The van der Waals surface area contributed by atoms with Crippen molar-refractivity contribution in [3.8, 4) is 0 Å². The zero-order valence-electron chi connectivity index (χ0n) is 18.6. The van der Waals surface area contributed by atoms with Crippen LogP contribution in [0, 0.1) is 5.92 Å². The number of nitrogens with zero attached hydrogens (tertiary/aromatic N) is 1. The lowest BCUT2D eigenvalue weighted by molar-refractivity contribution is -0.126. The quantitative estimate of drug-likeness (QED) is 0.636. The van der Waals surface area contributed by atoms with E-state index in [-0.39, 0.29) is 23.6 Å². The van der Waals surface area contributed by atoms with Crippen LogP contribution < -0.4 is 5.32 Å². The van der Waals surface area contributed by atoms with E-state index in [2.05, 4.69) is 36.5 Å². The van der Waals surface area contributed by atoms with Gasteiger partial charge in [-0.15, -0.1) is 0 Å². The number of aryl methyl sites for hydroxylation is 2. The van der Waals surface area contributed by atoms with Crippen LogP contribution in [-0.4, -0.2) is 37.5 Å². The number of carbonyl (C=O) groups is 1. The maximum absolute atomic E-state index is 12.7. The molecule has 0 spiro atoms. The Balaban J connectivity index is 1.44. The SMILES string of the molecule is CCc1ccc([C@H](C)NC(=O)C2CCN(S(=O)(=O)CCCc3ccccc3)CC2)cc1. The van der Waals surface area contributed by atoms with Crippen LogP contribution >= 0.6 is 0 Å². The van der Waals surface area contributed by atoms with Gasteiger partial charge >= 0.3 is 0 Å². The molecule has 6 heteroatoms. The number of benzene rings is 2. The number of nitrogens with one attached hydrogen (secondary N) is 1. The molecule has 1 heterocycles. The maximum Gasteiger partial charge on any atom is 0.223 e. The van der Waals surface area contributed by atoms with Gasteiger partial charge in [0.2, 0.25) is 15.9 Å². The molecule has 5 nitrogen and oxygen atoms in total. The zero-order valence-corrected chi connectivity index (χ0v) is 19.4. The van der Waals surface area contributed by atoms with Crippen LogP contribution in [-0.2, 0) is 27.7 Å². The molecule has 0 aromatic heterocycles. The van der Waals surface area contributed by atoms with Crippen LogP contribution in [0.5, 0.6) is 0 Å². The van der Waals surface area contributed by atoms with Gasteiger partial charge in [-0.1, -0.05) is 61.5 Å². The minimum absolute atomic E-state index is 0.0215. The zero-order chi connectivity index (χ0) is 22.3. The maximum atomic E-state index is 12.7. The van der Waals surface area contributed by atoms with Crippen LogP contribution in [0.2, 0.25) is 0 Å². The Labute approximate surface area is 186 Å². The molecule has 0 aliphatic carbocycles. The van der Waals surface area contributed by atoms with E-state index in [4.69, 9.17) is 0 Å². The smallest absolute Gasteiger partial charge is 0.223 e. The lowest BCUT2D eigenvalue weighted by atomic mass is 9.96. The summed E-state index contributed by atoms with van der Waals surface area (Å²) in [7, 11) is -3.27. The van der Waals surface area contributed by atoms with Crippen molar-refractivity contribution in [2.24, 2.45) is 5.92 Å². The Bertz CT molecular complexity index is 934. The predicted octanol–water partition coefficient (Wildman–Crippen LogP) is 4.10. The average molecular weight is 443 g/mol. The lowest BCUT2D eigenvalue weighted by Crippen LogP contribution is -2.44. The first kappa shape index (κ1) is 23.5. The summed E-state index contributed by atoms with van der Waals surface area (Å²) < 4.78 is 26.9. The van der Waals surface area contributed by atoms with Gasteiger partial charge in [-0.2, -0.15) is 0 Å². The van der Waals surface area contributed by atoms with Crippen LogP contribution in [0.1, 0.15) is 55.8 Å². The van der Waals surface area contributed by atoms with E-state index in [9.17, 15) is 13.2 Å². The highest BCUT2D eigenvalue weighted by molar-refractivity contribution is 7.89. The summed E-state index contributed by atoms with van der Waals surface area (Å²) in [5, 5.41) is 3.10. The number of amides is 1. The Morgan fingerprint density at radius 2 is 1.68 bits per heavy atom. The molecule has 1 fully saturated rings. The van der Waals surface area contributed by atoms with E-state index in [1.165, 1.54) is 5.56 Å². The molecule has 0 radical (unpaired) electrons. The highest BCUT2D eigenvalue weighted by atomic mass is 32.2. The van der Waals surface area contributed by atoms with Crippen molar-refractivity contribution in [1.82, 2.24) is 9.62 Å². The molecule has 1 aliphatic heterocycles. The summed E-state index contributed by atoms with van der Waals surface area (Å²) in [4.78, 5) is 12.7. The number of hydrogen-bond acceptors (Lipinski definition) is 3. The van der Waals surface area contributed by atoms with Gasteiger partial charge in [0, 0.05) is 19.0 Å². The average Bonchev–Trinajstić information content (AvgIpc) is 2.79. The van der Waals surface area contributed by atoms with E-state index in [0.29, 0.717) is 32.4 Å². The molecule has 1 aliphatic rings. The number of carbonyl (C=O) groups excluding carboxylic acids is 1. The standard InChI is InChI=1S/C25H34N2O3S/c1-3-21-11-13-23(14-12-21)20(2)26-25(28)24-15-17-27(18-16-24)31(29,30)19-7-10-22-8-5-4-6-9-22/h4-6,8-9,11-14,20,24H,3,7,10,15-19H2,1-2H3,(H,26,28)/t20-/m0/s1. The van der Waals surface area contributed by atoms with Gasteiger partial charge in [0.15, 0.2) is 0 Å². The van der Waals surface area contributed by atoms with E-state index >= 15 is 0 Å². The summed E-state index contributed by atoms with van der Waals surface area (Å²) in [5.41, 5.74) is 3.52. The third-order valence-electron chi connectivity index (χ3n) is 6.18. The summed E-state index contributed by atoms with van der Waals surface area (Å²) in [6.45, 7) is 4.96. The molecule has 31 heavy (non-hydrogen) atoms. The fraction of sp³-hybridized carbons (Fsp3) is 0.480. The minimum Gasteiger partial charge on any atom is -0.349 e. The Kier molecular flexibility index (Phi) is 8.27. The molecular weight excluding hydrogens is 408 g/mol. The molecule has 2 aromatic carbocycles. The van der Waals surface area contributed by atoms with Crippen LogP contribution in [0.25, 0.3) is 0 Å². The van der Waals surface area contributed by atoms with E-state index in [0.717, 1.165) is 24.0 Å². The summed E-state index contributed by atoms with van der Waals surface area (Å²) in [5.74, 6) is 0.0464. The van der Waals surface area contributed by atoms with Gasteiger partial charge in [-0.25, -0.2) is 12.7 Å². The lowest BCUT2D eigenvalue weighted by Gasteiger charge is -2.31. The molecule has 1 saturated heterocycles. The molecule has 0 bridgehead atoms. The van der Waals surface area contributed by atoms with Crippen LogP contribution in [0.4, 0.5) is 0 Å². The molecular formula is C25H34N2O3S. The minimum atomic E-state index is -3.27. The first-order chi connectivity index (χ1) is 14.9. The van der Waals surface area contributed by atoms with Gasteiger partial charge in [0.05, 0.1) is 11.8 Å². The van der Waals surface area contributed by atoms with Gasteiger partial charge in [-0.3, -0.25) is 4.79 Å². The van der Waals surface area contributed by atoms with Gasteiger partial charge in [0.1, 0.15) is 0 Å². The van der Waals surface area contributed by atoms with Crippen molar-refractivity contribution in [2.75, 3.05) is 18.8 Å². The second-order valence-corrected chi connectivity index (χ2v) is 10.5. The summed E-state index contributed by atoms with van der Waals surface area (Å²) in [6, 6.07) is 18.2. The van der Waals surface area contributed by atoms with Gasteiger partial charge in [-0.05, 0) is 55.7 Å². The van der Waals surface area contributed by atoms with Crippen molar-refractivity contribution in [3.05, 3.63) is 71.3 Å². The number of sulfonamides is 1. The van der Waals surface area contributed by atoms with E-state index in [1.54, 1.807) is 4.31 Å². The van der Waals surface area contributed by atoms with Crippen molar-refractivity contribution in [1.29, 1.82) is 0 Å². The number of hydrogen-bond donors (Lipinski definition) is 1.